The molecule has 2 aromatic carbocycles. The molecule has 0 fully saturated rings. The van der Waals surface area contributed by atoms with Gasteiger partial charge in [-0.2, -0.15) is 0 Å². The van der Waals surface area contributed by atoms with E-state index in [0.717, 1.165) is 22.9 Å². The Bertz CT molecular complexity index is 726. The molecule has 3 aromatic rings. The van der Waals surface area contributed by atoms with Crippen LogP contribution < -0.4 is 0 Å². The Hall–Kier alpha value is -2.40. The van der Waals surface area contributed by atoms with E-state index < -0.39 is 0 Å². The number of benzene rings is 2. The molecule has 0 aliphatic rings. The van der Waals surface area contributed by atoms with Crippen molar-refractivity contribution in [1.29, 1.82) is 0 Å². The monoisotopic (exact) mass is 296 g/mol. The van der Waals surface area contributed by atoms with Gasteiger partial charge in [0.05, 0.1) is 0 Å². The first kappa shape index (κ1) is 13.6. The molecule has 5 heteroatoms. The van der Waals surface area contributed by atoms with Crippen molar-refractivity contribution < 1.29 is 9.21 Å². The van der Waals surface area contributed by atoms with Crippen molar-refractivity contribution in [2.45, 2.75) is 11.6 Å². The van der Waals surface area contributed by atoms with Crippen LogP contribution in [0, 0.1) is 0 Å². The van der Waals surface area contributed by atoms with Crippen molar-refractivity contribution in [1.82, 2.24) is 10.2 Å². The van der Waals surface area contributed by atoms with Crippen LogP contribution in [0.3, 0.4) is 0 Å². The molecule has 0 aliphatic heterocycles. The topological polar surface area (TPSA) is 56.0 Å². The molecule has 0 unspecified atom stereocenters. The molecule has 1 heterocycles. The molecule has 0 radical (unpaired) electrons. The Balaban J connectivity index is 1.66. The standard InChI is InChI=1S/C16H12N2O2S/c19-14(11-12-7-3-1-4-8-12)21-16-18-17-15(20-16)13-9-5-2-6-10-13/h1-10H,11H2. The van der Waals surface area contributed by atoms with Crippen LogP contribution in [0.15, 0.2) is 70.3 Å². The molecule has 0 amide bonds. The highest BCUT2D eigenvalue weighted by Gasteiger charge is 2.13. The molecule has 4 nitrogen and oxygen atoms in total. The summed E-state index contributed by atoms with van der Waals surface area (Å²) in [5.74, 6) is 0.422. The van der Waals surface area contributed by atoms with Crippen molar-refractivity contribution >= 4 is 16.9 Å². The summed E-state index contributed by atoms with van der Waals surface area (Å²) in [7, 11) is 0. The van der Waals surface area contributed by atoms with E-state index in [2.05, 4.69) is 10.2 Å². The molecule has 0 atom stereocenters. The third kappa shape index (κ3) is 3.58. The highest BCUT2D eigenvalue weighted by Crippen LogP contribution is 2.24. The highest BCUT2D eigenvalue weighted by atomic mass is 32.2. The molecule has 104 valence electrons. The van der Waals surface area contributed by atoms with Crippen LogP contribution in [-0.2, 0) is 11.2 Å². The first-order valence-electron chi connectivity index (χ1n) is 6.45. The van der Waals surface area contributed by atoms with Crippen molar-refractivity contribution in [3.8, 4) is 11.5 Å². The lowest BCUT2D eigenvalue weighted by atomic mass is 10.2. The zero-order valence-electron chi connectivity index (χ0n) is 11.1. The molecule has 3 rings (SSSR count). The molecule has 0 spiro atoms. The highest BCUT2D eigenvalue weighted by molar-refractivity contribution is 8.13. The number of rotatable bonds is 4. The van der Waals surface area contributed by atoms with Crippen LogP contribution in [0.4, 0.5) is 0 Å². The largest absolute Gasteiger partial charge is 0.411 e. The lowest BCUT2D eigenvalue weighted by Crippen LogP contribution is -1.96. The number of carbonyl (C=O) groups is 1. The zero-order valence-corrected chi connectivity index (χ0v) is 11.9. The average Bonchev–Trinajstić information content (AvgIpc) is 2.97. The van der Waals surface area contributed by atoms with Gasteiger partial charge in [-0.25, -0.2) is 0 Å². The zero-order chi connectivity index (χ0) is 14.5. The van der Waals surface area contributed by atoms with Gasteiger partial charge in [-0.15, -0.1) is 10.2 Å². The summed E-state index contributed by atoms with van der Waals surface area (Å²) in [6, 6.07) is 19.1. The fraction of sp³-hybridized carbons (Fsp3) is 0.0625. The van der Waals surface area contributed by atoms with Gasteiger partial charge < -0.3 is 4.42 Å². The van der Waals surface area contributed by atoms with Gasteiger partial charge in [-0.05, 0) is 17.7 Å². The number of nitrogens with zero attached hydrogens (tertiary/aromatic N) is 2. The SMILES string of the molecule is O=C(Cc1ccccc1)Sc1nnc(-c2ccccc2)o1. The van der Waals surface area contributed by atoms with Gasteiger partial charge in [0.15, 0.2) is 0 Å². The summed E-state index contributed by atoms with van der Waals surface area (Å²) >= 11 is 0.975. The molecule has 1 aromatic heterocycles. The van der Waals surface area contributed by atoms with E-state index in [1.165, 1.54) is 0 Å². The average molecular weight is 296 g/mol. The molecule has 0 N–H and O–H groups in total. The van der Waals surface area contributed by atoms with E-state index in [1.54, 1.807) is 0 Å². The Kier molecular flexibility index (Phi) is 4.12. The molecule has 0 aliphatic carbocycles. The first-order chi connectivity index (χ1) is 10.3. The van der Waals surface area contributed by atoms with Crippen molar-refractivity contribution in [2.24, 2.45) is 0 Å². The Morgan fingerprint density at radius 3 is 2.33 bits per heavy atom. The van der Waals surface area contributed by atoms with Gasteiger partial charge in [-0.1, -0.05) is 48.5 Å². The van der Waals surface area contributed by atoms with E-state index in [1.807, 2.05) is 60.7 Å². The quantitative estimate of drug-likeness (QED) is 0.688. The number of thioether (sulfide) groups is 1. The smallest absolute Gasteiger partial charge is 0.284 e. The predicted molar refractivity (Wildman–Crippen MR) is 80.7 cm³/mol. The van der Waals surface area contributed by atoms with E-state index in [-0.39, 0.29) is 10.3 Å². The number of hydrogen-bond donors (Lipinski definition) is 0. The van der Waals surface area contributed by atoms with Gasteiger partial charge >= 0.3 is 0 Å². The molecule has 0 saturated carbocycles. The summed E-state index contributed by atoms with van der Waals surface area (Å²) in [6.07, 6.45) is 0.342. The van der Waals surface area contributed by atoms with Crippen LogP contribution in [0.25, 0.3) is 11.5 Å². The number of carbonyl (C=O) groups excluding carboxylic acids is 1. The summed E-state index contributed by atoms with van der Waals surface area (Å²) in [4.78, 5) is 12.0. The first-order valence-corrected chi connectivity index (χ1v) is 7.26. The summed E-state index contributed by atoms with van der Waals surface area (Å²) in [6.45, 7) is 0. The van der Waals surface area contributed by atoms with E-state index >= 15 is 0 Å². The molecular formula is C16H12N2O2S. The summed E-state index contributed by atoms with van der Waals surface area (Å²) in [5, 5.41) is 8.11. The van der Waals surface area contributed by atoms with Crippen LogP contribution in [0.5, 0.6) is 0 Å². The van der Waals surface area contributed by atoms with Crippen LogP contribution >= 0.6 is 11.8 Å². The maximum absolute atomic E-state index is 12.0. The second-order valence-electron chi connectivity index (χ2n) is 4.38. The minimum Gasteiger partial charge on any atom is -0.411 e. The number of hydrogen-bond acceptors (Lipinski definition) is 5. The fourth-order valence-corrected chi connectivity index (χ4v) is 2.48. The van der Waals surface area contributed by atoms with E-state index in [4.69, 9.17) is 4.42 Å². The van der Waals surface area contributed by atoms with Crippen LogP contribution in [0.1, 0.15) is 5.56 Å². The molecule has 21 heavy (non-hydrogen) atoms. The number of aromatic nitrogens is 2. The Labute approximate surface area is 126 Å². The van der Waals surface area contributed by atoms with Crippen molar-refractivity contribution in [3.05, 3.63) is 66.2 Å². The van der Waals surface area contributed by atoms with Gasteiger partial charge in [0.2, 0.25) is 11.0 Å². The maximum Gasteiger partial charge on any atom is 0.284 e. The summed E-state index contributed by atoms with van der Waals surface area (Å²) in [5.41, 5.74) is 1.81. The molecule has 0 saturated heterocycles. The second-order valence-corrected chi connectivity index (χ2v) is 5.38. The fourth-order valence-electron chi connectivity index (χ4n) is 1.84. The maximum atomic E-state index is 12.0. The second kappa shape index (κ2) is 6.37. The van der Waals surface area contributed by atoms with Gasteiger partial charge in [-0.3, -0.25) is 4.79 Å². The van der Waals surface area contributed by atoms with Crippen molar-refractivity contribution in [3.63, 3.8) is 0 Å². The van der Waals surface area contributed by atoms with Crippen LogP contribution in [-0.4, -0.2) is 15.3 Å². The Morgan fingerprint density at radius 2 is 1.62 bits per heavy atom. The normalized spacial score (nSPS) is 10.5. The summed E-state index contributed by atoms with van der Waals surface area (Å²) < 4.78 is 5.50. The van der Waals surface area contributed by atoms with E-state index in [0.29, 0.717) is 12.3 Å². The lowest BCUT2D eigenvalue weighted by molar-refractivity contribution is -0.110. The van der Waals surface area contributed by atoms with Gasteiger partial charge in [0.25, 0.3) is 5.22 Å². The van der Waals surface area contributed by atoms with Crippen molar-refractivity contribution in [2.75, 3.05) is 0 Å². The van der Waals surface area contributed by atoms with Crippen LogP contribution in [0.2, 0.25) is 0 Å². The molecular weight excluding hydrogens is 284 g/mol. The van der Waals surface area contributed by atoms with Gasteiger partial charge in [0.1, 0.15) is 0 Å². The lowest BCUT2D eigenvalue weighted by Gasteiger charge is -1.97. The Morgan fingerprint density at radius 1 is 0.952 bits per heavy atom. The third-order valence-corrected chi connectivity index (χ3v) is 3.53. The minimum absolute atomic E-state index is 0.0236. The van der Waals surface area contributed by atoms with E-state index in [9.17, 15) is 4.79 Å². The molecule has 0 bridgehead atoms. The minimum atomic E-state index is -0.0236. The van der Waals surface area contributed by atoms with Gasteiger partial charge in [0, 0.05) is 23.7 Å². The predicted octanol–water partition coefficient (Wildman–Crippen LogP) is 3.60. The third-order valence-electron chi connectivity index (χ3n) is 2.82.